The van der Waals surface area contributed by atoms with Gasteiger partial charge in [0.1, 0.15) is 17.0 Å². The van der Waals surface area contributed by atoms with Gasteiger partial charge in [-0.15, -0.1) is 0 Å². The minimum absolute atomic E-state index is 0.129. The van der Waals surface area contributed by atoms with Gasteiger partial charge in [0.25, 0.3) is 5.91 Å². The highest BCUT2D eigenvalue weighted by Crippen LogP contribution is 2.29. The third-order valence-electron chi connectivity index (χ3n) is 5.89. The zero-order valence-electron chi connectivity index (χ0n) is 24.3. The second-order valence-corrected chi connectivity index (χ2v) is 11.8. The molecule has 7 heteroatoms. The summed E-state index contributed by atoms with van der Waals surface area (Å²) in [5.74, 6) is -2.12. The van der Waals surface area contributed by atoms with Crippen molar-refractivity contribution >= 4 is 23.5 Å². The Kier molecular flexibility index (Phi) is 9.51. The predicted molar refractivity (Wildman–Crippen MR) is 155 cm³/mol. The van der Waals surface area contributed by atoms with Crippen LogP contribution in [0.5, 0.6) is 0 Å². The van der Waals surface area contributed by atoms with E-state index in [1.807, 2.05) is 6.07 Å². The van der Waals surface area contributed by atoms with Gasteiger partial charge in [0.05, 0.1) is 5.92 Å². The van der Waals surface area contributed by atoms with Crippen LogP contribution in [0.2, 0.25) is 0 Å². The summed E-state index contributed by atoms with van der Waals surface area (Å²) in [5, 5.41) is 2.91. The fraction of sp³-hybridized carbons (Fsp3) is 0.364. The maximum atomic E-state index is 14.5. The van der Waals surface area contributed by atoms with Crippen molar-refractivity contribution < 1.29 is 28.2 Å². The van der Waals surface area contributed by atoms with Crippen molar-refractivity contribution in [3.8, 4) is 11.1 Å². The van der Waals surface area contributed by atoms with Crippen molar-refractivity contribution in [3.63, 3.8) is 0 Å². The summed E-state index contributed by atoms with van der Waals surface area (Å²) >= 11 is 0. The van der Waals surface area contributed by atoms with Gasteiger partial charge in [0.15, 0.2) is 0 Å². The van der Waals surface area contributed by atoms with E-state index < -0.39 is 22.9 Å². The van der Waals surface area contributed by atoms with Crippen molar-refractivity contribution in [2.45, 2.75) is 78.4 Å². The van der Waals surface area contributed by atoms with Crippen LogP contribution in [0.3, 0.4) is 0 Å². The van der Waals surface area contributed by atoms with Crippen molar-refractivity contribution in [1.29, 1.82) is 0 Å². The lowest BCUT2D eigenvalue weighted by atomic mass is 9.97. The number of hydrogen-bond acceptors (Lipinski definition) is 5. The molecule has 6 nitrogen and oxygen atoms in total. The molecule has 40 heavy (non-hydrogen) atoms. The molecule has 0 heterocycles. The van der Waals surface area contributed by atoms with Gasteiger partial charge in [0, 0.05) is 17.7 Å². The van der Waals surface area contributed by atoms with Crippen LogP contribution in [0.4, 0.5) is 10.1 Å². The Balaban J connectivity index is 1.79. The Labute approximate surface area is 235 Å². The summed E-state index contributed by atoms with van der Waals surface area (Å²) < 4.78 is 25.4. The Hall–Kier alpha value is -4.00. The number of ether oxygens (including phenoxy) is 2. The Bertz CT molecular complexity index is 1380. The number of rotatable bonds is 8. The minimum atomic E-state index is -0.628. The van der Waals surface area contributed by atoms with Gasteiger partial charge < -0.3 is 14.8 Å². The standard InChI is InChI=1S/C33H38FNO5/c1-21(31(38)40-33(5,6)7)27-13-8-9-14-28(27)35-30(37)24-12-10-11-23(19-24)25-17-22(18-26(34)20-25)15-16-29(36)39-32(2,3)4/h8-14,17-21H,15-16H2,1-7H3,(H,35,37). The van der Waals surface area contributed by atoms with E-state index in [9.17, 15) is 18.8 Å². The number of amides is 1. The van der Waals surface area contributed by atoms with Gasteiger partial charge >= 0.3 is 11.9 Å². The molecule has 0 bridgehead atoms. The number of esters is 2. The van der Waals surface area contributed by atoms with Crippen molar-refractivity contribution in [1.82, 2.24) is 0 Å². The first-order chi connectivity index (χ1) is 18.6. The molecule has 1 unspecified atom stereocenters. The normalized spacial score (nSPS) is 12.4. The van der Waals surface area contributed by atoms with Crippen LogP contribution in [0.15, 0.2) is 66.7 Å². The van der Waals surface area contributed by atoms with Gasteiger partial charge in [-0.25, -0.2) is 4.39 Å². The molecule has 0 saturated carbocycles. The van der Waals surface area contributed by atoms with E-state index in [-0.39, 0.29) is 24.3 Å². The van der Waals surface area contributed by atoms with E-state index in [2.05, 4.69) is 5.32 Å². The second kappa shape index (κ2) is 12.5. The molecule has 0 spiro atoms. The van der Waals surface area contributed by atoms with E-state index in [4.69, 9.17) is 9.47 Å². The average Bonchev–Trinajstić information content (AvgIpc) is 2.85. The molecule has 0 radical (unpaired) electrons. The molecule has 1 atom stereocenters. The molecular weight excluding hydrogens is 509 g/mol. The zero-order valence-corrected chi connectivity index (χ0v) is 24.3. The number of benzene rings is 3. The molecule has 0 aliphatic carbocycles. The first kappa shape index (κ1) is 30.5. The lowest BCUT2D eigenvalue weighted by Crippen LogP contribution is -2.27. The maximum absolute atomic E-state index is 14.5. The van der Waals surface area contributed by atoms with Gasteiger partial charge in [-0.1, -0.05) is 36.4 Å². The molecule has 0 aliphatic rings. The largest absolute Gasteiger partial charge is 0.460 e. The molecule has 0 saturated heterocycles. The van der Waals surface area contributed by atoms with E-state index in [0.717, 1.165) is 0 Å². The molecule has 0 fully saturated rings. The summed E-state index contributed by atoms with van der Waals surface area (Å²) in [5.41, 5.74) is 2.20. The molecule has 3 aromatic rings. The lowest BCUT2D eigenvalue weighted by Gasteiger charge is -2.23. The van der Waals surface area contributed by atoms with Crippen LogP contribution in [0, 0.1) is 5.82 Å². The quantitative estimate of drug-likeness (QED) is 0.296. The zero-order chi connectivity index (χ0) is 29.7. The Morgan fingerprint density at radius 3 is 2.17 bits per heavy atom. The molecule has 3 rings (SSSR count). The van der Waals surface area contributed by atoms with Crippen LogP contribution in [0.1, 0.15) is 82.3 Å². The minimum Gasteiger partial charge on any atom is -0.460 e. The molecule has 0 aliphatic heterocycles. The fourth-order valence-corrected chi connectivity index (χ4v) is 4.14. The maximum Gasteiger partial charge on any atom is 0.313 e. The molecule has 0 aromatic heterocycles. The predicted octanol–water partition coefficient (Wildman–Crippen LogP) is 7.46. The SMILES string of the molecule is CC(C(=O)OC(C)(C)C)c1ccccc1NC(=O)c1cccc(-c2cc(F)cc(CCC(=O)OC(C)(C)C)c2)c1. The number of hydrogen-bond donors (Lipinski definition) is 1. The van der Waals surface area contributed by atoms with Crippen molar-refractivity contribution in [2.75, 3.05) is 5.32 Å². The summed E-state index contributed by atoms with van der Waals surface area (Å²) in [7, 11) is 0. The van der Waals surface area contributed by atoms with E-state index in [1.54, 1.807) is 97.0 Å². The summed E-state index contributed by atoms with van der Waals surface area (Å²) in [6.07, 6.45) is 0.455. The smallest absolute Gasteiger partial charge is 0.313 e. The summed E-state index contributed by atoms with van der Waals surface area (Å²) in [6.45, 7) is 12.6. The lowest BCUT2D eigenvalue weighted by molar-refractivity contribution is -0.156. The highest BCUT2D eigenvalue weighted by Gasteiger charge is 2.25. The third kappa shape index (κ3) is 9.04. The van der Waals surface area contributed by atoms with Crippen LogP contribution in [0.25, 0.3) is 11.1 Å². The highest BCUT2D eigenvalue weighted by molar-refractivity contribution is 6.05. The number of para-hydroxylation sites is 1. The number of carbonyl (C=O) groups is 3. The third-order valence-corrected chi connectivity index (χ3v) is 5.89. The van der Waals surface area contributed by atoms with Gasteiger partial charge in [-0.3, -0.25) is 14.4 Å². The van der Waals surface area contributed by atoms with Crippen LogP contribution in [-0.4, -0.2) is 29.0 Å². The fourth-order valence-electron chi connectivity index (χ4n) is 4.14. The average molecular weight is 548 g/mol. The highest BCUT2D eigenvalue weighted by atomic mass is 19.1. The number of carbonyl (C=O) groups excluding carboxylic acids is 3. The van der Waals surface area contributed by atoms with E-state index in [0.29, 0.717) is 39.9 Å². The van der Waals surface area contributed by atoms with Crippen molar-refractivity contribution in [3.05, 3.63) is 89.2 Å². The number of aryl methyl sites for hydroxylation is 1. The van der Waals surface area contributed by atoms with Gasteiger partial charge in [-0.05, 0) is 107 Å². The number of nitrogens with one attached hydrogen (secondary N) is 1. The van der Waals surface area contributed by atoms with E-state index >= 15 is 0 Å². The Morgan fingerprint density at radius 2 is 1.50 bits per heavy atom. The second-order valence-electron chi connectivity index (χ2n) is 11.8. The molecule has 3 aromatic carbocycles. The van der Waals surface area contributed by atoms with Gasteiger partial charge in [-0.2, -0.15) is 0 Å². The number of halogens is 1. The van der Waals surface area contributed by atoms with E-state index in [1.165, 1.54) is 12.1 Å². The molecular formula is C33H38FNO5. The Morgan fingerprint density at radius 1 is 0.825 bits per heavy atom. The summed E-state index contributed by atoms with van der Waals surface area (Å²) in [6, 6.07) is 18.6. The van der Waals surface area contributed by atoms with Crippen LogP contribution < -0.4 is 5.32 Å². The number of anilines is 1. The topological polar surface area (TPSA) is 81.7 Å². The molecule has 1 amide bonds. The van der Waals surface area contributed by atoms with Gasteiger partial charge in [0.2, 0.25) is 0 Å². The van der Waals surface area contributed by atoms with Crippen LogP contribution >= 0.6 is 0 Å². The first-order valence-corrected chi connectivity index (χ1v) is 13.4. The van der Waals surface area contributed by atoms with Crippen molar-refractivity contribution in [2.24, 2.45) is 0 Å². The molecule has 1 N–H and O–H groups in total. The van der Waals surface area contributed by atoms with Crippen LogP contribution in [-0.2, 0) is 25.5 Å². The monoisotopic (exact) mass is 547 g/mol. The molecule has 212 valence electrons. The summed E-state index contributed by atoms with van der Waals surface area (Å²) in [4.78, 5) is 38.0. The first-order valence-electron chi connectivity index (χ1n) is 13.4.